The number of nitro benzene ring substituents is 4. The predicted molar refractivity (Wildman–Crippen MR) is 283 cm³/mol. The number of aromatic hydroxyl groups is 2. The molecule has 20 unspecified atom stereocenters. The highest BCUT2D eigenvalue weighted by atomic mass is 16.7. The molecule has 4 saturated heterocycles. The number of aliphatic hydroxyl groups excluding tert-OH is 16. The molecule has 480 valence electrons. The fraction of sp³-hybridized carbons (Fsp3) is 0.520. The average molecular weight is 1240 g/mol. The molecule has 0 radical (unpaired) electrons. The van der Waals surface area contributed by atoms with Crippen LogP contribution in [0.3, 0.4) is 0 Å². The van der Waals surface area contributed by atoms with E-state index in [0.717, 1.165) is 0 Å². The molecule has 0 amide bonds. The lowest BCUT2D eigenvalue weighted by molar-refractivity contribution is -0.387. The van der Waals surface area contributed by atoms with Crippen molar-refractivity contribution in [2.75, 3.05) is 13.2 Å². The van der Waals surface area contributed by atoms with Crippen molar-refractivity contribution in [3.8, 4) is 23.0 Å². The Hall–Kier alpha value is -7.12. The van der Waals surface area contributed by atoms with Gasteiger partial charge in [-0.2, -0.15) is 0 Å². The maximum Gasteiger partial charge on any atom is 0.311 e. The van der Waals surface area contributed by atoms with Gasteiger partial charge in [0.05, 0.1) is 45.1 Å². The van der Waals surface area contributed by atoms with Crippen molar-refractivity contribution in [3.05, 3.63) is 138 Å². The van der Waals surface area contributed by atoms with Gasteiger partial charge in [0, 0.05) is 36.4 Å². The van der Waals surface area contributed by atoms with Crippen LogP contribution < -0.4 is 9.47 Å². The minimum absolute atomic E-state index is 0.0159. The maximum absolute atomic E-state index is 10.9. The van der Waals surface area contributed by atoms with Crippen molar-refractivity contribution in [3.63, 3.8) is 0 Å². The van der Waals surface area contributed by atoms with Crippen LogP contribution in [0.1, 0.15) is 26.7 Å². The molecule has 0 bridgehead atoms. The number of ether oxygens (including phenoxy) is 6. The fourth-order valence-corrected chi connectivity index (χ4v) is 7.67. The lowest BCUT2D eigenvalue weighted by Gasteiger charge is -2.39. The van der Waals surface area contributed by atoms with E-state index in [1.807, 2.05) is 0 Å². The molecule has 4 aromatic rings. The number of nitro groups is 4. The van der Waals surface area contributed by atoms with Crippen LogP contribution in [-0.4, -0.2) is 248 Å². The highest BCUT2D eigenvalue weighted by Gasteiger charge is 2.47. The lowest BCUT2D eigenvalue weighted by Crippen LogP contribution is -2.60. The lowest BCUT2D eigenvalue weighted by atomic mass is 9.97. The Morgan fingerprint density at radius 3 is 1.15 bits per heavy atom. The zero-order chi connectivity index (χ0) is 64.9. The normalized spacial score (nSPS) is 31.8. The summed E-state index contributed by atoms with van der Waals surface area (Å²) in [6.45, 7) is 2.40. The molecule has 36 heteroatoms. The van der Waals surface area contributed by atoms with Crippen LogP contribution in [0.25, 0.3) is 0 Å². The predicted octanol–water partition coefficient (Wildman–Crippen LogP) is -3.46. The molecule has 4 fully saturated rings. The Balaban J connectivity index is 0.000000278. The summed E-state index contributed by atoms with van der Waals surface area (Å²) in [4.78, 5) is 39.2. The zero-order valence-electron chi connectivity index (χ0n) is 45.2. The van der Waals surface area contributed by atoms with Crippen LogP contribution in [0.5, 0.6) is 23.0 Å². The van der Waals surface area contributed by atoms with Crippen molar-refractivity contribution in [1.82, 2.24) is 0 Å². The summed E-state index contributed by atoms with van der Waals surface area (Å²) in [5.41, 5.74) is -0.682. The van der Waals surface area contributed by atoms with Crippen molar-refractivity contribution in [2.45, 2.75) is 150 Å². The van der Waals surface area contributed by atoms with Crippen LogP contribution in [0.4, 0.5) is 22.7 Å². The molecule has 0 spiro atoms. The van der Waals surface area contributed by atoms with Crippen LogP contribution in [0, 0.1) is 40.5 Å². The molecular weight excluding hydrogens is 1170 g/mol. The number of nitrogens with zero attached hydrogens (tertiary/aromatic N) is 4. The Bertz CT molecular complexity index is 2650. The van der Waals surface area contributed by atoms with Gasteiger partial charge in [0.25, 0.3) is 11.4 Å². The Kier molecular flexibility index (Phi) is 29.7. The average Bonchev–Trinajstić information content (AvgIpc) is 2.23. The van der Waals surface area contributed by atoms with E-state index in [1.165, 1.54) is 91.0 Å². The molecule has 0 saturated carbocycles. The number of phenols is 2. The number of aliphatic hydroxyl groups is 16. The Morgan fingerprint density at radius 1 is 0.395 bits per heavy atom. The number of rotatable bonds is 12. The van der Waals surface area contributed by atoms with Crippen LogP contribution >= 0.6 is 0 Å². The second-order valence-electron chi connectivity index (χ2n) is 18.5. The third kappa shape index (κ3) is 20.5. The topological polar surface area (TPSA) is 592 Å². The minimum atomic E-state index is -1.57. The molecule has 4 aromatic carbocycles. The Labute approximate surface area is 485 Å². The van der Waals surface area contributed by atoms with Gasteiger partial charge in [-0.05, 0) is 49.2 Å². The number of benzene rings is 4. The molecule has 4 heterocycles. The number of hydrogen-bond acceptors (Lipinski definition) is 32. The first-order valence-electron chi connectivity index (χ1n) is 25.5. The van der Waals surface area contributed by atoms with Crippen LogP contribution in [-0.2, 0) is 18.9 Å². The largest absolute Gasteiger partial charge is 0.508 e. The van der Waals surface area contributed by atoms with E-state index >= 15 is 0 Å². The summed E-state index contributed by atoms with van der Waals surface area (Å²) in [5.74, 6) is -0.173. The summed E-state index contributed by atoms with van der Waals surface area (Å²) in [6, 6.07) is 21.3. The first-order valence-corrected chi connectivity index (χ1v) is 25.5. The van der Waals surface area contributed by atoms with E-state index < -0.39 is 156 Å². The summed E-state index contributed by atoms with van der Waals surface area (Å²) in [6.07, 6.45) is -25.3. The van der Waals surface area contributed by atoms with Crippen LogP contribution in [0.2, 0.25) is 0 Å². The molecule has 8 rings (SSSR count). The highest BCUT2D eigenvalue weighted by molar-refractivity contribution is 5.46. The third-order valence-electron chi connectivity index (χ3n) is 12.6. The molecule has 86 heavy (non-hydrogen) atoms. The van der Waals surface area contributed by atoms with Gasteiger partial charge >= 0.3 is 11.4 Å². The second kappa shape index (κ2) is 34.9. The number of phenolic OH excluding ortho intramolecular Hbond substituents is 2. The molecule has 20 atom stereocenters. The second-order valence-corrected chi connectivity index (χ2v) is 18.5. The van der Waals surface area contributed by atoms with E-state index in [0.29, 0.717) is 12.8 Å². The van der Waals surface area contributed by atoms with E-state index in [1.54, 1.807) is 19.9 Å². The van der Waals surface area contributed by atoms with E-state index in [9.17, 15) is 81.3 Å². The number of non-ortho nitro benzene ring substituents is 2. The summed E-state index contributed by atoms with van der Waals surface area (Å²) in [5, 5.41) is 208. The molecule has 0 aliphatic carbocycles. The van der Waals surface area contributed by atoms with Crippen molar-refractivity contribution in [1.29, 1.82) is 0 Å². The van der Waals surface area contributed by atoms with Gasteiger partial charge in [0.1, 0.15) is 97.0 Å². The van der Waals surface area contributed by atoms with E-state index in [4.69, 9.17) is 74.7 Å². The van der Waals surface area contributed by atoms with Gasteiger partial charge in [-0.1, -0.05) is 38.1 Å². The van der Waals surface area contributed by atoms with Crippen molar-refractivity contribution in [2.24, 2.45) is 0 Å². The molecule has 0 aromatic heterocycles. The molecule has 36 nitrogen and oxygen atoms in total. The quantitative estimate of drug-likeness (QED) is 0.0484. The van der Waals surface area contributed by atoms with Gasteiger partial charge in [-0.25, -0.2) is 0 Å². The standard InChI is InChI=1S/C13H17NO7.C12H15NO8.C7H14O5.2C6H5NO3.C6H12O6/c1-2-8-10(15)11(16)12(17)13(20-8)21-9-6-4-3-5-7(9)14(18)19;14-5-8-9(15)10(16)11(17)12(21-8)20-7-3-1-6(2-4-7)13(18)19;1-2-3-4(8)5(9)6(10)7(11)12-3;8-6-3-1-5(2-4-6)7(9)10;8-6-4-2-1-3-5(6)7(9)10;7-1-2-3(8)4(9)5(10)6(11)12-2/h3-6,8,10-13,15-17H,2H2,1H3;1-4,8-12,14-17H,5H2;3-11H,2H2,1H3;2*1-4,8H;2-11H,1H2. The first-order chi connectivity index (χ1) is 40.4. The van der Waals surface area contributed by atoms with E-state index in [2.05, 4.69) is 4.74 Å². The number of para-hydroxylation sites is 4. The van der Waals surface area contributed by atoms with Crippen molar-refractivity contribution >= 4 is 22.7 Å². The fourth-order valence-electron chi connectivity index (χ4n) is 7.67. The Morgan fingerprint density at radius 2 is 0.744 bits per heavy atom. The van der Waals surface area contributed by atoms with Gasteiger partial charge in [-0.3, -0.25) is 40.5 Å². The first kappa shape index (κ1) is 73.1. The summed E-state index contributed by atoms with van der Waals surface area (Å²) >= 11 is 0. The van der Waals surface area contributed by atoms with Crippen molar-refractivity contribution < 1.29 is 140 Å². The van der Waals surface area contributed by atoms with Gasteiger partial charge in [-0.15, -0.1) is 0 Å². The molecule has 18 N–H and O–H groups in total. The van der Waals surface area contributed by atoms with Gasteiger partial charge in [0.2, 0.25) is 12.6 Å². The van der Waals surface area contributed by atoms with Crippen LogP contribution in [0.15, 0.2) is 97.1 Å². The number of hydrogen-bond donors (Lipinski definition) is 18. The zero-order valence-corrected chi connectivity index (χ0v) is 45.2. The minimum Gasteiger partial charge on any atom is -0.508 e. The third-order valence-corrected chi connectivity index (χ3v) is 12.6. The molecule has 4 aliphatic rings. The summed E-state index contributed by atoms with van der Waals surface area (Å²) in [7, 11) is 0. The van der Waals surface area contributed by atoms with Gasteiger partial charge < -0.3 is 120 Å². The van der Waals surface area contributed by atoms with Gasteiger partial charge in [0.15, 0.2) is 24.1 Å². The van der Waals surface area contributed by atoms with E-state index in [-0.39, 0.29) is 45.7 Å². The molecular formula is C50H68N4O32. The SMILES string of the molecule is CCC1OC(O)C(O)C(O)C1O.CCC1OC(Oc2ccccc2[N+](=O)[O-])C(O)C(O)C1O.O=[N+]([O-])c1ccc(O)cc1.O=[N+]([O-])c1ccc(OC2OC(CO)C(O)C(O)C2O)cc1.O=[N+]([O-])c1ccccc1O.OCC1OC(O)C(O)C(O)C1O. The molecule has 4 aliphatic heterocycles. The smallest absolute Gasteiger partial charge is 0.311 e. The highest BCUT2D eigenvalue weighted by Crippen LogP contribution is 2.32. The maximum atomic E-state index is 10.9. The monoisotopic (exact) mass is 1240 g/mol. The summed E-state index contributed by atoms with van der Waals surface area (Å²) < 4.78 is 30.5.